The Bertz CT molecular complexity index is 853. The highest BCUT2D eigenvalue weighted by molar-refractivity contribution is 7.98. The first-order valence-corrected chi connectivity index (χ1v) is 12.1. The number of thioether (sulfide) groups is 1. The van der Waals surface area contributed by atoms with Crippen LogP contribution in [0.4, 0.5) is 0 Å². The van der Waals surface area contributed by atoms with E-state index in [2.05, 4.69) is 16.0 Å². The van der Waals surface area contributed by atoms with Gasteiger partial charge in [0.1, 0.15) is 18.1 Å². The van der Waals surface area contributed by atoms with Gasteiger partial charge in [0, 0.05) is 12.8 Å². The Balaban J connectivity index is 2.91. The van der Waals surface area contributed by atoms with E-state index in [9.17, 15) is 29.1 Å². The second kappa shape index (κ2) is 14.9. The molecule has 0 bridgehead atoms. The lowest BCUT2D eigenvalue weighted by atomic mass is 10.0. The van der Waals surface area contributed by atoms with E-state index in [4.69, 9.17) is 11.5 Å². The van der Waals surface area contributed by atoms with Gasteiger partial charge in [-0.15, -0.1) is 0 Å². The van der Waals surface area contributed by atoms with Crippen molar-refractivity contribution in [3.05, 3.63) is 35.9 Å². The van der Waals surface area contributed by atoms with Crippen LogP contribution in [0.25, 0.3) is 0 Å². The molecule has 0 aliphatic rings. The van der Waals surface area contributed by atoms with Crippen LogP contribution in [0.15, 0.2) is 30.3 Å². The molecule has 0 aliphatic carbocycles. The summed E-state index contributed by atoms with van der Waals surface area (Å²) in [7, 11) is 0. The highest BCUT2D eigenvalue weighted by Gasteiger charge is 2.29. The minimum atomic E-state index is -1.36. The Morgan fingerprint density at radius 3 is 2.12 bits per heavy atom. The number of carbonyl (C=O) groups is 5. The molecule has 4 atom stereocenters. The van der Waals surface area contributed by atoms with E-state index in [1.807, 2.05) is 6.26 Å². The van der Waals surface area contributed by atoms with Gasteiger partial charge in [-0.2, -0.15) is 11.8 Å². The van der Waals surface area contributed by atoms with E-state index in [-0.39, 0.29) is 19.3 Å². The molecule has 0 saturated carbocycles. The number of nitrogens with one attached hydrogen (secondary N) is 3. The van der Waals surface area contributed by atoms with E-state index < -0.39 is 53.8 Å². The summed E-state index contributed by atoms with van der Waals surface area (Å²) in [5, 5.41) is 16.8. The summed E-state index contributed by atoms with van der Waals surface area (Å²) in [4.78, 5) is 60.4. The topological polar surface area (TPSA) is 194 Å². The van der Waals surface area contributed by atoms with Crippen molar-refractivity contribution >= 4 is 41.4 Å². The predicted octanol–water partition coefficient (Wildman–Crippen LogP) is -0.866. The van der Waals surface area contributed by atoms with Gasteiger partial charge in [-0.3, -0.25) is 19.2 Å². The number of hydrogen-bond acceptors (Lipinski definition) is 7. The first kappa shape index (κ1) is 28.9. The molecular weight excluding hydrogens is 462 g/mol. The molecule has 0 spiro atoms. The molecule has 4 amide bonds. The van der Waals surface area contributed by atoms with Crippen molar-refractivity contribution < 1.29 is 29.1 Å². The summed E-state index contributed by atoms with van der Waals surface area (Å²) >= 11 is 1.55. The van der Waals surface area contributed by atoms with E-state index in [1.54, 1.807) is 42.1 Å². The third-order valence-electron chi connectivity index (χ3n) is 4.93. The predicted molar refractivity (Wildman–Crippen MR) is 129 cm³/mol. The number of benzene rings is 1. The maximum Gasteiger partial charge on any atom is 0.326 e. The van der Waals surface area contributed by atoms with Crippen LogP contribution in [-0.4, -0.2) is 70.9 Å². The second-order valence-electron chi connectivity index (χ2n) is 7.77. The van der Waals surface area contributed by atoms with Gasteiger partial charge >= 0.3 is 5.97 Å². The second-order valence-corrected chi connectivity index (χ2v) is 8.76. The van der Waals surface area contributed by atoms with Crippen molar-refractivity contribution in [2.24, 2.45) is 11.5 Å². The molecule has 1 aromatic rings. The van der Waals surface area contributed by atoms with E-state index in [0.717, 1.165) is 5.56 Å². The Labute approximate surface area is 202 Å². The maximum atomic E-state index is 12.9. The molecule has 0 aromatic heterocycles. The lowest BCUT2D eigenvalue weighted by Gasteiger charge is -2.24. The van der Waals surface area contributed by atoms with Gasteiger partial charge in [-0.05, 0) is 37.3 Å². The van der Waals surface area contributed by atoms with Crippen LogP contribution in [0.3, 0.4) is 0 Å². The fourth-order valence-electron chi connectivity index (χ4n) is 2.93. The summed E-state index contributed by atoms with van der Waals surface area (Å²) in [5.41, 5.74) is 11.6. The zero-order chi connectivity index (χ0) is 25.7. The third-order valence-corrected chi connectivity index (χ3v) is 5.58. The molecular formula is C22H33N5O6S. The average molecular weight is 496 g/mol. The summed E-state index contributed by atoms with van der Waals surface area (Å²) < 4.78 is 0. The van der Waals surface area contributed by atoms with Crippen LogP contribution in [-0.2, 0) is 30.4 Å². The summed E-state index contributed by atoms with van der Waals surface area (Å²) in [6.45, 7) is 1.46. The quantitative estimate of drug-likeness (QED) is 0.181. The molecule has 0 heterocycles. The minimum absolute atomic E-state index is 0.0779. The van der Waals surface area contributed by atoms with Crippen LogP contribution >= 0.6 is 11.8 Å². The monoisotopic (exact) mass is 495 g/mol. The molecule has 188 valence electrons. The van der Waals surface area contributed by atoms with Crippen LogP contribution in [0, 0.1) is 0 Å². The maximum absolute atomic E-state index is 12.9. The first-order chi connectivity index (χ1) is 16.0. The van der Waals surface area contributed by atoms with E-state index in [0.29, 0.717) is 12.2 Å². The molecule has 8 N–H and O–H groups in total. The number of amides is 4. The molecule has 0 saturated heterocycles. The van der Waals surface area contributed by atoms with Gasteiger partial charge in [0.25, 0.3) is 0 Å². The number of carboxylic acids is 1. The normalized spacial score (nSPS) is 14.2. The van der Waals surface area contributed by atoms with E-state index in [1.165, 1.54) is 6.92 Å². The molecule has 12 heteroatoms. The van der Waals surface area contributed by atoms with Crippen molar-refractivity contribution in [3.63, 3.8) is 0 Å². The SMILES string of the molecule is CSCCC(N)C(=O)NC(C)C(=O)NC(Cc1ccccc1)C(=O)NC(CCC(N)=O)C(=O)O. The zero-order valence-corrected chi connectivity index (χ0v) is 20.1. The Morgan fingerprint density at radius 2 is 1.56 bits per heavy atom. The van der Waals surface area contributed by atoms with Crippen molar-refractivity contribution in [2.75, 3.05) is 12.0 Å². The lowest BCUT2D eigenvalue weighted by molar-refractivity contribution is -0.142. The molecule has 1 aromatic carbocycles. The number of rotatable bonds is 15. The van der Waals surface area contributed by atoms with Crippen molar-refractivity contribution in [2.45, 2.75) is 56.8 Å². The number of primary amides is 1. The Hall–Kier alpha value is -3.12. The van der Waals surface area contributed by atoms with Crippen molar-refractivity contribution in [3.8, 4) is 0 Å². The Morgan fingerprint density at radius 1 is 0.941 bits per heavy atom. The molecule has 0 aliphatic heterocycles. The Kier molecular flexibility index (Phi) is 12.7. The number of aliphatic carboxylic acids is 1. The first-order valence-electron chi connectivity index (χ1n) is 10.8. The number of hydrogen-bond donors (Lipinski definition) is 6. The van der Waals surface area contributed by atoms with Crippen LogP contribution < -0.4 is 27.4 Å². The lowest BCUT2D eigenvalue weighted by Crippen LogP contribution is -2.57. The van der Waals surface area contributed by atoms with Crippen molar-refractivity contribution in [1.82, 2.24) is 16.0 Å². The third kappa shape index (κ3) is 10.7. The number of carbonyl (C=O) groups excluding carboxylic acids is 4. The minimum Gasteiger partial charge on any atom is -0.480 e. The van der Waals surface area contributed by atoms with Crippen LogP contribution in [0.1, 0.15) is 31.7 Å². The van der Waals surface area contributed by atoms with Gasteiger partial charge in [0.15, 0.2) is 0 Å². The van der Waals surface area contributed by atoms with Crippen molar-refractivity contribution in [1.29, 1.82) is 0 Å². The van der Waals surface area contributed by atoms with Gasteiger partial charge < -0.3 is 32.5 Å². The fourth-order valence-corrected chi connectivity index (χ4v) is 3.42. The molecule has 11 nitrogen and oxygen atoms in total. The largest absolute Gasteiger partial charge is 0.480 e. The summed E-state index contributed by atoms with van der Waals surface area (Å²) in [6, 6.07) is 4.58. The average Bonchev–Trinajstić information content (AvgIpc) is 2.79. The van der Waals surface area contributed by atoms with Gasteiger partial charge in [0.05, 0.1) is 6.04 Å². The highest BCUT2D eigenvalue weighted by Crippen LogP contribution is 2.06. The van der Waals surface area contributed by atoms with E-state index >= 15 is 0 Å². The zero-order valence-electron chi connectivity index (χ0n) is 19.3. The molecule has 0 radical (unpaired) electrons. The summed E-state index contributed by atoms with van der Waals surface area (Å²) in [5.74, 6) is -3.21. The number of carboxylic acid groups (broad SMARTS) is 1. The molecule has 4 unspecified atom stereocenters. The van der Waals surface area contributed by atoms with Gasteiger partial charge in [-0.25, -0.2) is 4.79 Å². The fraction of sp³-hybridized carbons (Fsp3) is 0.500. The standard InChI is InChI=1S/C22H33N5O6S/c1-13(25-20(30)15(23)10-11-34-2)19(29)27-17(12-14-6-4-3-5-7-14)21(31)26-16(22(32)33)8-9-18(24)28/h3-7,13,15-17H,8-12,23H2,1-2H3,(H2,24,28)(H,25,30)(H,26,31)(H,27,29)(H,32,33). The molecule has 0 fully saturated rings. The molecule has 1 rings (SSSR count). The number of nitrogens with two attached hydrogens (primary N) is 2. The highest BCUT2D eigenvalue weighted by atomic mass is 32.2. The smallest absolute Gasteiger partial charge is 0.326 e. The van der Waals surface area contributed by atoms with Crippen LogP contribution in [0.2, 0.25) is 0 Å². The van der Waals surface area contributed by atoms with Crippen LogP contribution in [0.5, 0.6) is 0 Å². The van der Waals surface area contributed by atoms with Gasteiger partial charge in [-0.1, -0.05) is 30.3 Å². The molecule has 34 heavy (non-hydrogen) atoms. The van der Waals surface area contributed by atoms with Gasteiger partial charge in [0.2, 0.25) is 23.6 Å². The summed E-state index contributed by atoms with van der Waals surface area (Å²) in [6.07, 6.45) is 1.99.